The quantitative estimate of drug-likeness (QED) is 0.817. The smallest absolute Gasteiger partial charge is 0.226 e. The number of benzene rings is 1. The minimum absolute atomic E-state index is 0.0221. The molecule has 1 aromatic carbocycles. The third-order valence-electron chi connectivity index (χ3n) is 3.47. The van der Waals surface area contributed by atoms with Crippen LogP contribution in [0.4, 0.5) is 5.69 Å². The number of aliphatic hydroxyl groups is 1. The molecule has 0 radical (unpaired) electrons. The third-order valence-corrected chi connectivity index (χ3v) is 3.47. The van der Waals surface area contributed by atoms with E-state index in [-0.39, 0.29) is 5.91 Å². The van der Waals surface area contributed by atoms with E-state index >= 15 is 0 Å². The van der Waals surface area contributed by atoms with Gasteiger partial charge in [0.15, 0.2) is 0 Å². The molecule has 1 aliphatic rings. The fourth-order valence-corrected chi connectivity index (χ4v) is 2.45. The summed E-state index contributed by atoms with van der Waals surface area (Å²) >= 11 is 0. The number of carbonyl (C=O) groups is 1. The molecule has 1 amide bonds. The van der Waals surface area contributed by atoms with E-state index in [4.69, 9.17) is 10.5 Å². The maximum atomic E-state index is 12.1. The first kappa shape index (κ1) is 14.7. The van der Waals surface area contributed by atoms with E-state index < -0.39 is 5.60 Å². The topological polar surface area (TPSA) is 75.8 Å². The molecule has 1 unspecified atom stereocenters. The number of carbonyl (C=O) groups excluding carboxylic acids is 1. The number of hydrogen-bond acceptors (Lipinski definition) is 4. The SMILES string of the molecule is CC1(O)CCCN(C(=O)CCOc2cccc(N)c2)C1. The summed E-state index contributed by atoms with van der Waals surface area (Å²) in [6, 6.07) is 7.14. The number of piperidine rings is 1. The van der Waals surface area contributed by atoms with Crippen molar-refractivity contribution in [2.45, 2.75) is 31.8 Å². The lowest BCUT2D eigenvalue weighted by Gasteiger charge is -2.36. The minimum Gasteiger partial charge on any atom is -0.493 e. The van der Waals surface area contributed by atoms with Crippen LogP contribution in [0.2, 0.25) is 0 Å². The summed E-state index contributed by atoms with van der Waals surface area (Å²) in [5, 5.41) is 9.99. The van der Waals surface area contributed by atoms with Crippen molar-refractivity contribution in [1.29, 1.82) is 0 Å². The lowest BCUT2D eigenvalue weighted by molar-refractivity contribution is -0.138. The molecule has 20 heavy (non-hydrogen) atoms. The average molecular weight is 278 g/mol. The molecule has 0 saturated carbocycles. The molecular formula is C15H22N2O3. The molecule has 1 aromatic rings. The number of ether oxygens (including phenoxy) is 1. The largest absolute Gasteiger partial charge is 0.493 e. The number of rotatable bonds is 4. The Morgan fingerprint density at radius 3 is 3.05 bits per heavy atom. The molecule has 1 heterocycles. The standard InChI is InChI=1S/C15H22N2O3/c1-15(19)7-3-8-17(11-15)14(18)6-9-20-13-5-2-4-12(16)10-13/h2,4-5,10,19H,3,6-9,11,16H2,1H3. The number of nitrogens with two attached hydrogens (primary N) is 1. The Morgan fingerprint density at radius 2 is 2.35 bits per heavy atom. The summed E-state index contributed by atoms with van der Waals surface area (Å²) in [6.45, 7) is 3.22. The Hall–Kier alpha value is -1.75. The van der Waals surface area contributed by atoms with Gasteiger partial charge in [0.25, 0.3) is 0 Å². The second kappa shape index (κ2) is 6.13. The molecule has 110 valence electrons. The van der Waals surface area contributed by atoms with Crippen molar-refractivity contribution < 1.29 is 14.6 Å². The molecule has 5 nitrogen and oxygen atoms in total. The van der Waals surface area contributed by atoms with Crippen LogP contribution >= 0.6 is 0 Å². The maximum absolute atomic E-state index is 12.1. The van der Waals surface area contributed by atoms with E-state index in [0.29, 0.717) is 37.6 Å². The third kappa shape index (κ3) is 4.13. The number of nitrogens with zero attached hydrogens (tertiary/aromatic N) is 1. The Bertz CT molecular complexity index is 474. The van der Waals surface area contributed by atoms with Gasteiger partial charge in [0.1, 0.15) is 5.75 Å². The highest BCUT2D eigenvalue weighted by atomic mass is 16.5. The zero-order chi connectivity index (χ0) is 14.6. The van der Waals surface area contributed by atoms with Crippen LogP contribution in [-0.4, -0.2) is 41.2 Å². The van der Waals surface area contributed by atoms with E-state index in [1.165, 1.54) is 0 Å². The fraction of sp³-hybridized carbons (Fsp3) is 0.533. The average Bonchev–Trinajstić information content (AvgIpc) is 2.37. The lowest BCUT2D eigenvalue weighted by atomic mass is 9.95. The monoisotopic (exact) mass is 278 g/mol. The molecule has 0 bridgehead atoms. The molecule has 1 atom stereocenters. The molecule has 2 rings (SSSR count). The second-order valence-corrected chi connectivity index (χ2v) is 5.59. The Balaban J connectivity index is 1.78. The normalized spacial score (nSPS) is 22.6. The molecule has 3 N–H and O–H groups in total. The fourth-order valence-electron chi connectivity index (χ4n) is 2.45. The van der Waals surface area contributed by atoms with Gasteiger partial charge in [-0.15, -0.1) is 0 Å². The van der Waals surface area contributed by atoms with Crippen molar-refractivity contribution in [3.8, 4) is 5.75 Å². The van der Waals surface area contributed by atoms with Crippen LogP contribution in [0.25, 0.3) is 0 Å². The molecule has 0 spiro atoms. The number of hydrogen-bond donors (Lipinski definition) is 2. The van der Waals surface area contributed by atoms with Crippen LogP contribution in [-0.2, 0) is 4.79 Å². The van der Waals surface area contributed by atoms with Crippen LogP contribution in [0.3, 0.4) is 0 Å². The maximum Gasteiger partial charge on any atom is 0.226 e. The summed E-state index contributed by atoms with van der Waals surface area (Å²) < 4.78 is 5.51. The van der Waals surface area contributed by atoms with E-state index in [0.717, 1.165) is 12.8 Å². The lowest BCUT2D eigenvalue weighted by Crippen LogP contribution is -2.48. The molecule has 1 saturated heterocycles. The van der Waals surface area contributed by atoms with Gasteiger partial charge < -0.3 is 20.5 Å². The van der Waals surface area contributed by atoms with Crippen LogP contribution in [0.1, 0.15) is 26.2 Å². The highest BCUT2D eigenvalue weighted by Crippen LogP contribution is 2.21. The molecule has 1 fully saturated rings. The summed E-state index contributed by atoms with van der Waals surface area (Å²) in [6.07, 6.45) is 1.90. The highest BCUT2D eigenvalue weighted by Gasteiger charge is 2.30. The van der Waals surface area contributed by atoms with E-state index in [2.05, 4.69) is 0 Å². The van der Waals surface area contributed by atoms with E-state index in [1.54, 1.807) is 24.0 Å². The summed E-state index contributed by atoms with van der Waals surface area (Å²) in [4.78, 5) is 13.8. The zero-order valence-corrected chi connectivity index (χ0v) is 11.8. The zero-order valence-electron chi connectivity index (χ0n) is 11.8. The van der Waals surface area contributed by atoms with Gasteiger partial charge in [0.2, 0.25) is 5.91 Å². The van der Waals surface area contributed by atoms with Gasteiger partial charge >= 0.3 is 0 Å². The van der Waals surface area contributed by atoms with Gasteiger partial charge in [-0.1, -0.05) is 6.07 Å². The van der Waals surface area contributed by atoms with Gasteiger partial charge in [0, 0.05) is 24.8 Å². The number of anilines is 1. The number of nitrogen functional groups attached to an aromatic ring is 1. The molecule has 1 aliphatic heterocycles. The van der Waals surface area contributed by atoms with Crippen molar-refractivity contribution in [2.24, 2.45) is 0 Å². The minimum atomic E-state index is -0.761. The van der Waals surface area contributed by atoms with Crippen molar-refractivity contribution in [2.75, 3.05) is 25.4 Å². The predicted octanol–water partition coefficient (Wildman–Crippen LogP) is 1.41. The second-order valence-electron chi connectivity index (χ2n) is 5.59. The van der Waals surface area contributed by atoms with Crippen molar-refractivity contribution in [3.05, 3.63) is 24.3 Å². The predicted molar refractivity (Wildman–Crippen MR) is 77.4 cm³/mol. The first-order chi connectivity index (χ1) is 9.46. The Morgan fingerprint density at radius 1 is 1.55 bits per heavy atom. The number of amides is 1. The van der Waals surface area contributed by atoms with Crippen LogP contribution in [0, 0.1) is 0 Å². The first-order valence-corrected chi connectivity index (χ1v) is 6.95. The van der Waals surface area contributed by atoms with Gasteiger partial charge in [-0.3, -0.25) is 4.79 Å². The molecule has 0 aromatic heterocycles. The first-order valence-electron chi connectivity index (χ1n) is 6.95. The van der Waals surface area contributed by atoms with Crippen molar-refractivity contribution in [1.82, 2.24) is 4.90 Å². The highest BCUT2D eigenvalue weighted by molar-refractivity contribution is 5.76. The molecule has 0 aliphatic carbocycles. The molecule has 5 heteroatoms. The van der Waals surface area contributed by atoms with Crippen LogP contribution < -0.4 is 10.5 Å². The van der Waals surface area contributed by atoms with E-state index in [9.17, 15) is 9.90 Å². The molecular weight excluding hydrogens is 256 g/mol. The number of β-amino-alcohol motifs (C(OH)–C–C–N with tert-alkyl or cyclic N) is 1. The van der Waals surface area contributed by atoms with Gasteiger partial charge in [-0.2, -0.15) is 0 Å². The van der Waals surface area contributed by atoms with Gasteiger partial charge in [-0.05, 0) is 31.9 Å². The number of likely N-dealkylation sites (tertiary alicyclic amines) is 1. The Labute approximate surface area is 119 Å². The van der Waals surface area contributed by atoms with Crippen molar-refractivity contribution >= 4 is 11.6 Å². The summed E-state index contributed by atoms with van der Waals surface area (Å²) in [5.74, 6) is 0.692. The summed E-state index contributed by atoms with van der Waals surface area (Å²) in [5.41, 5.74) is 5.53. The van der Waals surface area contributed by atoms with Gasteiger partial charge in [-0.25, -0.2) is 0 Å². The summed E-state index contributed by atoms with van der Waals surface area (Å²) in [7, 11) is 0. The van der Waals surface area contributed by atoms with Crippen LogP contribution in [0.15, 0.2) is 24.3 Å². The van der Waals surface area contributed by atoms with Crippen molar-refractivity contribution in [3.63, 3.8) is 0 Å². The Kier molecular flexibility index (Phi) is 4.49. The van der Waals surface area contributed by atoms with Crippen LogP contribution in [0.5, 0.6) is 5.75 Å². The van der Waals surface area contributed by atoms with Gasteiger partial charge in [0.05, 0.1) is 18.6 Å². The van der Waals surface area contributed by atoms with E-state index in [1.807, 2.05) is 12.1 Å².